The summed E-state index contributed by atoms with van der Waals surface area (Å²) < 4.78 is 64.8. The highest BCUT2D eigenvalue weighted by Crippen LogP contribution is 2.47. The van der Waals surface area contributed by atoms with Crippen LogP contribution < -0.4 is 26.4 Å². The second-order valence-corrected chi connectivity index (χ2v) is 10.3. The maximum atomic E-state index is 16.4. The number of hydrogen-bond donors (Lipinski definition) is 3. The van der Waals surface area contributed by atoms with Gasteiger partial charge in [0.2, 0.25) is 11.8 Å². The van der Waals surface area contributed by atoms with Gasteiger partial charge in [-0.2, -0.15) is 13.2 Å². The predicted octanol–water partition coefficient (Wildman–Crippen LogP) is 2.91. The number of hydrogen-bond acceptors (Lipinski definition) is 8. The minimum atomic E-state index is -4.83. The van der Waals surface area contributed by atoms with E-state index in [1.165, 1.54) is 6.92 Å². The molecule has 3 unspecified atom stereocenters. The Morgan fingerprint density at radius 2 is 1.92 bits per heavy atom. The van der Waals surface area contributed by atoms with Crippen molar-refractivity contribution in [2.45, 2.75) is 57.4 Å². The lowest BCUT2D eigenvalue weighted by Gasteiger charge is -2.44. The van der Waals surface area contributed by atoms with Gasteiger partial charge >= 0.3 is 6.18 Å². The molecule has 6 heterocycles. The molecule has 3 aromatic heterocycles. The largest absolute Gasteiger partial charge is 0.475 e. The maximum Gasteiger partial charge on any atom is 0.418 e. The summed E-state index contributed by atoms with van der Waals surface area (Å²) in [5.41, 5.74) is 8.93. The molecule has 0 spiro atoms. The number of fused-ring (bicyclic) bond motifs is 5. The van der Waals surface area contributed by atoms with Crippen molar-refractivity contribution in [3.8, 4) is 17.1 Å². The van der Waals surface area contributed by atoms with E-state index < -0.39 is 40.3 Å². The van der Waals surface area contributed by atoms with Gasteiger partial charge < -0.3 is 21.1 Å². The summed E-state index contributed by atoms with van der Waals surface area (Å²) in [4.78, 5) is 27.1. The van der Waals surface area contributed by atoms with Crippen LogP contribution in [-0.2, 0) is 11.0 Å². The molecule has 0 saturated carbocycles. The number of primary amides is 1. The van der Waals surface area contributed by atoms with Crippen molar-refractivity contribution in [2.75, 3.05) is 23.8 Å². The molecular formula is C25H25F4N7O2. The van der Waals surface area contributed by atoms with Crippen molar-refractivity contribution < 1.29 is 27.1 Å². The van der Waals surface area contributed by atoms with E-state index >= 15 is 4.39 Å². The van der Waals surface area contributed by atoms with Crippen LogP contribution in [-0.4, -0.2) is 51.6 Å². The van der Waals surface area contributed by atoms with Crippen LogP contribution in [0.2, 0.25) is 0 Å². The van der Waals surface area contributed by atoms with Crippen LogP contribution in [0, 0.1) is 26.6 Å². The number of aromatic nitrogens is 3. The third kappa shape index (κ3) is 3.33. The Kier molecular flexibility index (Phi) is 5.10. The Morgan fingerprint density at radius 3 is 2.61 bits per heavy atom. The van der Waals surface area contributed by atoms with Gasteiger partial charge in [0.05, 0.1) is 22.7 Å². The van der Waals surface area contributed by atoms with Crippen LogP contribution >= 0.6 is 0 Å². The van der Waals surface area contributed by atoms with Crippen LogP contribution in [0.4, 0.5) is 29.2 Å². The van der Waals surface area contributed by atoms with Crippen LogP contribution in [0.5, 0.6) is 5.88 Å². The smallest absolute Gasteiger partial charge is 0.418 e. The maximum absolute atomic E-state index is 16.4. The molecule has 2 saturated heterocycles. The lowest BCUT2D eigenvalue weighted by molar-refractivity contribution is -0.137. The minimum absolute atomic E-state index is 0.0402. The fraction of sp³-hybridized carbons (Fsp3) is 0.440. The van der Waals surface area contributed by atoms with E-state index in [4.69, 9.17) is 21.2 Å². The number of carbonyl (C=O) groups excluding carboxylic acids is 1. The Morgan fingerprint density at radius 1 is 1.18 bits per heavy atom. The number of amides is 1. The van der Waals surface area contributed by atoms with Crippen molar-refractivity contribution in [1.29, 1.82) is 0 Å². The number of halogens is 4. The van der Waals surface area contributed by atoms with E-state index in [2.05, 4.69) is 15.3 Å². The lowest BCUT2D eigenvalue weighted by atomic mass is 9.94. The van der Waals surface area contributed by atoms with E-state index in [0.717, 1.165) is 6.07 Å². The number of nitrogens with two attached hydrogens (primary N) is 2. The highest BCUT2D eigenvalue weighted by molar-refractivity contribution is 6.02. The lowest BCUT2D eigenvalue weighted by Crippen LogP contribution is -2.69. The van der Waals surface area contributed by atoms with Crippen LogP contribution in [0.25, 0.3) is 22.0 Å². The number of aryl methyl sites for hydroxylation is 3. The monoisotopic (exact) mass is 531 g/mol. The van der Waals surface area contributed by atoms with Gasteiger partial charge in [0.25, 0.3) is 0 Å². The van der Waals surface area contributed by atoms with E-state index in [1.807, 2.05) is 4.90 Å². The molecule has 3 aliphatic rings. The molecule has 38 heavy (non-hydrogen) atoms. The summed E-state index contributed by atoms with van der Waals surface area (Å²) >= 11 is 0. The number of pyridine rings is 3. The fourth-order valence-electron chi connectivity index (χ4n) is 6.13. The zero-order valence-corrected chi connectivity index (χ0v) is 20.8. The van der Waals surface area contributed by atoms with Crippen molar-refractivity contribution in [3.05, 3.63) is 34.4 Å². The molecule has 2 fully saturated rings. The normalized spacial score (nSPS) is 24.2. The number of rotatable bonds is 2. The second-order valence-electron chi connectivity index (χ2n) is 10.3. The first-order chi connectivity index (χ1) is 17.8. The van der Waals surface area contributed by atoms with Crippen LogP contribution in [0.3, 0.4) is 0 Å². The van der Waals surface area contributed by atoms with Gasteiger partial charge in [-0.15, -0.1) is 0 Å². The first kappa shape index (κ1) is 24.6. The number of carbonyl (C=O) groups is 1. The first-order valence-electron chi connectivity index (χ1n) is 12.1. The molecule has 9 nitrogen and oxygen atoms in total. The fourth-order valence-corrected chi connectivity index (χ4v) is 6.13. The molecule has 1 amide bonds. The van der Waals surface area contributed by atoms with E-state index in [-0.39, 0.29) is 53.4 Å². The van der Waals surface area contributed by atoms with Crippen molar-refractivity contribution in [3.63, 3.8) is 0 Å². The zero-order valence-electron chi connectivity index (χ0n) is 20.8. The number of ether oxygens (including phenoxy) is 1. The molecule has 5 N–H and O–H groups in total. The van der Waals surface area contributed by atoms with Gasteiger partial charge in [0.15, 0.2) is 5.82 Å². The summed E-state index contributed by atoms with van der Waals surface area (Å²) in [5, 5.41) is 3.63. The molecule has 6 rings (SSSR count). The Balaban J connectivity index is 1.65. The van der Waals surface area contributed by atoms with Crippen molar-refractivity contribution in [1.82, 2.24) is 20.3 Å². The molecular weight excluding hydrogens is 506 g/mol. The molecule has 3 aromatic rings. The number of nitrogen functional groups attached to an aromatic ring is 1. The summed E-state index contributed by atoms with van der Waals surface area (Å²) in [6.07, 6.45) is -3.63. The Bertz CT molecular complexity index is 1540. The van der Waals surface area contributed by atoms with E-state index in [1.54, 1.807) is 13.8 Å². The topological polar surface area (TPSA) is 132 Å². The number of alkyl halides is 3. The third-order valence-electron chi connectivity index (χ3n) is 8.06. The van der Waals surface area contributed by atoms with Gasteiger partial charge in [-0.05, 0) is 45.2 Å². The highest BCUT2D eigenvalue weighted by Gasteiger charge is 2.54. The predicted molar refractivity (Wildman–Crippen MR) is 131 cm³/mol. The van der Waals surface area contributed by atoms with Gasteiger partial charge in [0.1, 0.15) is 29.5 Å². The van der Waals surface area contributed by atoms with Gasteiger partial charge in [-0.25, -0.2) is 19.3 Å². The summed E-state index contributed by atoms with van der Waals surface area (Å²) in [5.74, 6) is -1.32. The molecule has 3 aliphatic heterocycles. The van der Waals surface area contributed by atoms with Gasteiger partial charge in [0, 0.05) is 29.2 Å². The molecule has 0 aliphatic carbocycles. The molecule has 0 radical (unpaired) electrons. The standard InChI is InChI=1S/C25H25F4N7O2/c1-9-10(2)33-21-17-16(9)19(26)20(12-6-15(30)32-11(3)18(12)25(27,28)29)34-22(17)38-7-14-13-4-5-24(35-13,23(31)37)8-36(14)21/h6,13-14,35H,4-5,7-8H2,1-3H3,(H2,30,32)(H2,31,37). The Labute approximate surface area is 214 Å². The number of piperazine rings is 1. The quantitative estimate of drug-likeness (QED) is 0.430. The Hall–Kier alpha value is -3.74. The van der Waals surface area contributed by atoms with Crippen molar-refractivity contribution >= 4 is 28.3 Å². The van der Waals surface area contributed by atoms with Crippen LogP contribution in [0.1, 0.15) is 35.4 Å². The summed E-state index contributed by atoms with van der Waals surface area (Å²) in [7, 11) is 0. The summed E-state index contributed by atoms with van der Waals surface area (Å²) in [6, 6.07) is 0.532. The zero-order chi connectivity index (χ0) is 27.3. The van der Waals surface area contributed by atoms with Gasteiger partial charge in [-0.3, -0.25) is 10.1 Å². The number of nitrogens with zero attached hydrogens (tertiary/aromatic N) is 4. The molecule has 0 aromatic carbocycles. The summed E-state index contributed by atoms with van der Waals surface area (Å²) in [6.45, 7) is 4.79. The van der Waals surface area contributed by atoms with E-state index in [0.29, 0.717) is 29.9 Å². The van der Waals surface area contributed by atoms with Gasteiger partial charge in [-0.1, -0.05) is 0 Å². The average molecular weight is 532 g/mol. The van der Waals surface area contributed by atoms with Crippen LogP contribution in [0.15, 0.2) is 6.07 Å². The third-order valence-corrected chi connectivity index (χ3v) is 8.06. The highest BCUT2D eigenvalue weighted by atomic mass is 19.4. The number of nitrogens with one attached hydrogen (secondary N) is 1. The minimum Gasteiger partial charge on any atom is -0.475 e. The molecule has 200 valence electrons. The molecule has 3 atom stereocenters. The average Bonchev–Trinajstić information content (AvgIpc) is 3.11. The second kappa shape index (κ2) is 7.88. The van der Waals surface area contributed by atoms with Crippen molar-refractivity contribution in [2.24, 2.45) is 5.73 Å². The van der Waals surface area contributed by atoms with E-state index in [9.17, 15) is 18.0 Å². The number of anilines is 2. The molecule has 13 heteroatoms. The SMILES string of the molecule is Cc1nc(N)cc(-c2nc3c4c(nc(C)c(C)c4c2F)N2CC4(C(N)=O)CCC(N4)C2CO3)c1C(F)(F)F. The molecule has 2 bridgehead atoms. The first-order valence-corrected chi connectivity index (χ1v) is 12.1.